The summed E-state index contributed by atoms with van der Waals surface area (Å²) in [5, 5.41) is 0. The Hall–Kier alpha value is -4.34. The van der Waals surface area contributed by atoms with Gasteiger partial charge in [-0.25, -0.2) is 9.59 Å². The quantitative estimate of drug-likeness (QED) is 0.110. The van der Waals surface area contributed by atoms with E-state index in [9.17, 15) is 9.59 Å². The molecule has 4 rings (SSSR count). The van der Waals surface area contributed by atoms with Crippen molar-refractivity contribution in [3.63, 3.8) is 0 Å². The molecule has 1 unspecified atom stereocenters. The molecule has 0 spiro atoms. The van der Waals surface area contributed by atoms with Crippen LogP contribution in [0.1, 0.15) is 41.1 Å². The summed E-state index contributed by atoms with van der Waals surface area (Å²) in [4.78, 5) is 28.9. The van der Waals surface area contributed by atoms with E-state index in [0.717, 1.165) is 62.7 Å². The summed E-state index contributed by atoms with van der Waals surface area (Å²) in [5.74, 6) is 1.14. The molecule has 1 aliphatic heterocycles. The second-order valence-electron chi connectivity index (χ2n) is 11.4. The van der Waals surface area contributed by atoms with Crippen LogP contribution in [0.15, 0.2) is 78.9 Å². The largest absolute Gasteiger partial charge is 0.497 e. The molecule has 3 aromatic rings. The lowest BCUT2D eigenvalue weighted by molar-refractivity contribution is -0.140. The van der Waals surface area contributed by atoms with Crippen LogP contribution in [0.2, 0.25) is 0 Å². The van der Waals surface area contributed by atoms with E-state index < -0.39 is 11.9 Å². The number of fused-ring (bicyclic) bond motifs is 1. The summed E-state index contributed by atoms with van der Waals surface area (Å²) >= 11 is 0. The Kier molecular flexibility index (Phi) is 13.5. The number of hydrogen-bond acceptors (Lipinski definition) is 9. The number of rotatable bonds is 17. The number of ether oxygens (including phenoxy) is 5. The molecule has 0 saturated carbocycles. The molecular formula is C37H46N2O7. The van der Waals surface area contributed by atoms with Crippen LogP contribution in [0.5, 0.6) is 17.2 Å². The zero-order valence-corrected chi connectivity index (χ0v) is 27.4. The van der Waals surface area contributed by atoms with Crippen LogP contribution in [-0.2, 0) is 38.4 Å². The predicted molar refractivity (Wildman–Crippen MR) is 177 cm³/mol. The van der Waals surface area contributed by atoms with E-state index in [1.54, 1.807) is 21.3 Å². The molecule has 0 saturated heterocycles. The third-order valence-electron chi connectivity index (χ3n) is 8.11. The third-order valence-corrected chi connectivity index (χ3v) is 8.11. The minimum absolute atomic E-state index is 0.112. The number of esters is 2. The topological polar surface area (TPSA) is 86.8 Å². The van der Waals surface area contributed by atoms with Crippen molar-refractivity contribution in [2.24, 2.45) is 0 Å². The Morgan fingerprint density at radius 1 is 0.826 bits per heavy atom. The molecule has 0 fully saturated rings. The van der Waals surface area contributed by atoms with Crippen molar-refractivity contribution >= 4 is 11.9 Å². The van der Waals surface area contributed by atoms with Crippen LogP contribution in [0, 0.1) is 0 Å². The molecule has 0 amide bonds. The molecule has 0 aliphatic carbocycles. The fourth-order valence-corrected chi connectivity index (χ4v) is 5.73. The van der Waals surface area contributed by atoms with Crippen molar-refractivity contribution in [2.75, 3.05) is 61.2 Å². The van der Waals surface area contributed by atoms with E-state index in [0.29, 0.717) is 18.6 Å². The van der Waals surface area contributed by atoms with Crippen LogP contribution >= 0.6 is 0 Å². The van der Waals surface area contributed by atoms with Gasteiger partial charge in [0.1, 0.15) is 5.75 Å². The molecule has 9 heteroatoms. The van der Waals surface area contributed by atoms with E-state index >= 15 is 0 Å². The minimum atomic E-state index is -0.560. The number of nitrogens with zero attached hydrogens (tertiary/aromatic N) is 2. The standard InChI is InChI=1S/C37H46N2O7/c1-38(27-29-10-6-5-7-11-29)19-8-22-45-36(40)16-17-37(41)46-23-9-20-39-21-18-30-25-34(43-3)35(44-4)26-32(30)33(39)24-28-12-14-31(42-2)15-13-28/h5-7,10-17,25-26,33H,8-9,18-24,27H2,1-4H3/b17-16-. The Labute approximate surface area is 272 Å². The minimum Gasteiger partial charge on any atom is -0.497 e. The number of benzene rings is 3. The maximum atomic E-state index is 12.3. The van der Waals surface area contributed by atoms with E-state index in [1.807, 2.05) is 37.4 Å². The first-order valence-corrected chi connectivity index (χ1v) is 15.8. The highest BCUT2D eigenvalue weighted by atomic mass is 16.5. The number of carbonyl (C=O) groups excluding carboxylic acids is 2. The average Bonchev–Trinajstić information content (AvgIpc) is 3.08. The molecule has 1 aliphatic rings. The van der Waals surface area contributed by atoms with Crippen molar-refractivity contribution in [3.8, 4) is 17.2 Å². The second-order valence-corrected chi connectivity index (χ2v) is 11.4. The highest BCUT2D eigenvalue weighted by Crippen LogP contribution is 2.39. The van der Waals surface area contributed by atoms with Gasteiger partial charge < -0.3 is 28.6 Å². The lowest BCUT2D eigenvalue weighted by Gasteiger charge is -2.38. The molecule has 46 heavy (non-hydrogen) atoms. The van der Waals surface area contributed by atoms with Crippen LogP contribution in [0.25, 0.3) is 0 Å². The fraction of sp³-hybridized carbons (Fsp3) is 0.405. The highest BCUT2D eigenvalue weighted by molar-refractivity contribution is 5.91. The number of hydrogen-bond donors (Lipinski definition) is 0. The molecule has 0 radical (unpaired) electrons. The molecular weight excluding hydrogens is 584 g/mol. The van der Waals surface area contributed by atoms with Crippen molar-refractivity contribution in [1.82, 2.24) is 9.80 Å². The van der Waals surface area contributed by atoms with E-state index in [1.165, 1.54) is 22.3 Å². The average molecular weight is 631 g/mol. The Morgan fingerprint density at radius 2 is 1.48 bits per heavy atom. The van der Waals surface area contributed by atoms with Gasteiger partial charge in [0, 0.05) is 44.4 Å². The number of methoxy groups -OCH3 is 3. The van der Waals surface area contributed by atoms with Crippen molar-refractivity contribution in [1.29, 1.82) is 0 Å². The van der Waals surface area contributed by atoms with Crippen LogP contribution in [0.3, 0.4) is 0 Å². The van der Waals surface area contributed by atoms with Crippen LogP contribution in [0.4, 0.5) is 0 Å². The highest BCUT2D eigenvalue weighted by Gasteiger charge is 2.29. The molecule has 3 aromatic carbocycles. The molecule has 0 aromatic heterocycles. The Morgan fingerprint density at radius 3 is 2.13 bits per heavy atom. The Bertz CT molecular complexity index is 1430. The third kappa shape index (κ3) is 10.4. The van der Waals surface area contributed by atoms with E-state index in [2.05, 4.69) is 46.2 Å². The molecule has 1 atom stereocenters. The summed E-state index contributed by atoms with van der Waals surface area (Å²) in [6.07, 6.45) is 5.30. The van der Waals surface area contributed by atoms with E-state index in [4.69, 9.17) is 23.7 Å². The maximum Gasteiger partial charge on any atom is 0.331 e. The molecule has 1 heterocycles. The van der Waals surface area contributed by atoms with Gasteiger partial charge >= 0.3 is 11.9 Å². The van der Waals surface area contributed by atoms with Gasteiger partial charge in [-0.1, -0.05) is 42.5 Å². The summed E-state index contributed by atoms with van der Waals surface area (Å²) in [7, 11) is 7.00. The first-order valence-electron chi connectivity index (χ1n) is 15.8. The van der Waals surface area contributed by atoms with Crippen molar-refractivity contribution in [3.05, 3.63) is 101 Å². The fourth-order valence-electron chi connectivity index (χ4n) is 5.73. The monoisotopic (exact) mass is 630 g/mol. The molecule has 0 bridgehead atoms. The summed E-state index contributed by atoms with van der Waals surface area (Å²) in [6.45, 7) is 3.76. The summed E-state index contributed by atoms with van der Waals surface area (Å²) in [6, 6.07) is 22.6. The second kappa shape index (κ2) is 18.0. The molecule has 0 N–H and O–H groups in total. The van der Waals surface area contributed by atoms with Gasteiger partial charge in [0.2, 0.25) is 0 Å². The summed E-state index contributed by atoms with van der Waals surface area (Å²) in [5.41, 5.74) is 4.89. The molecule has 246 valence electrons. The van der Waals surface area contributed by atoms with Gasteiger partial charge in [-0.15, -0.1) is 0 Å². The first-order chi connectivity index (χ1) is 22.4. The van der Waals surface area contributed by atoms with Gasteiger partial charge in [0.05, 0.1) is 34.5 Å². The normalized spacial score (nSPS) is 14.6. The van der Waals surface area contributed by atoms with Gasteiger partial charge in [0.25, 0.3) is 0 Å². The lowest BCUT2D eigenvalue weighted by Crippen LogP contribution is -2.37. The van der Waals surface area contributed by atoms with Gasteiger partial charge in [-0.2, -0.15) is 0 Å². The van der Waals surface area contributed by atoms with Crippen molar-refractivity contribution < 1.29 is 33.3 Å². The van der Waals surface area contributed by atoms with Crippen LogP contribution < -0.4 is 14.2 Å². The van der Waals surface area contributed by atoms with Gasteiger partial charge in [0.15, 0.2) is 11.5 Å². The van der Waals surface area contributed by atoms with Crippen LogP contribution in [-0.4, -0.2) is 83.0 Å². The smallest absolute Gasteiger partial charge is 0.331 e. The zero-order chi connectivity index (χ0) is 32.7. The van der Waals surface area contributed by atoms with Gasteiger partial charge in [-0.05, 0) is 79.3 Å². The Balaban J connectivity index is 1.23. The van der Waals surface area contributed by atoms with Gasteiger partial charge in [-0.3, -0.25) is 4.90 Å². The SMILES string of the molecule is COc1ccc(CC2c3cc(OC)c(OC)cc3CCN2CCCOC(=O)/C=C\C(=O)OCCCN(C)Cc2ccccc2)cc1. The maximum absolute atomic E-state index is 12.3. The van der Waals surface area contributed by atoms with E-state index in [-0.39, 0.29) is 19.3 Å². The lowest BCUT2D eigenvalue weighted by atomic mass is 9.88. The first kappa shape index (κ1) is 34.5. The summed E-state index contributed by atoms with van der Waals surface area (Å²) < 4.78 is 27.2. The number of carbonyl (C=O) groups is 2. The predicted octanol–water partition coefficient (Wildman–Crippen LogP) is 5.41. The molecule has 9 nitrogen and oxygen atoms in total. The zero-order valence-electron chi connectivity index (χ0n) is 27.4. The van der Waals surface area contributed by atoms with Crippen molar-refractivity contribution in [2.45, 2.75) is 38.3 Å².